The number of halogens is 1. The van der Waals surface area contributed by atoms with Gasteiger partial charge in [0.15, 0.2) is 0 Å². The van der Waals surface area contributed by atoms with Gasteiger partial charge >= 0.3 is 0 Å². The van der Waals surface area contributed by atoms with Gasteiger partial charge in [-0.05, 0) is 57.1 Å². The first-order valence-corrected chi connectivity index (χ1v) is 7.20. The van der Waals surface area contributed by atoms with Gasteiger partial charge in [0, 0.05) is 17.1 Å². The first kappa shape index (κ1) is 13.1. The van der Waals surface area contributed by atoms with Crippen LogP contribution in [-0.4, -0.2) is 31.1 Å². The summed E-state index contributed by atoms with van der Waals surface area (Å²) in [7, 11) is 2.22. The molecule has 1 aliphatic rings. The SMILES string of the molecule is CN1CCCC(NCc2cccc(Br)c2)CC1. The molecule has 1 aromatic carbocycles. The number of rotatable bonds is 3. The van der Waals surface area contributed by atoms with Crippen molar-refractivity contribution in [2.75, 3.05) is 20.1 Å². The molecule has 2 nitrogen and oxygen atoms in total. The monoisotopic (exact) mass is 296 g/mol. The van der Waals surface area contributed by atoms with Crippen LogP contribution in [0.4, 0.5) is 0 Å². The van der Waals surface area contributed by atoms with Crippen molar-refractivity contribution in [3.05, 3.63) is 34.3 Å². The van der Waals surface area contributed by atoms with E-state index in [0.717, 1.165) is 11.0 Å². The van der Waals surface area contributed by atoms with Gasteiger partial charge in [-0.1, -0.05) is 28.1 Å². The Morgan fingerprint density at radius 3 is 3.06 bits per heavy atom. The lowest BCUT2D eigenvalue weighted by atomic mass is 10.1. The number of nitrogens with zero attached hydrogens (tertiary/aromatic N) is 1. The van der Waals surface area contributed by atoms with Gasteiger partial charge in [0.25, 0.3) is 0 Å². The van der Waals surface area contributed by atoms with E-state index in [1.54, 1.807) is 0 Å². The van der Waals surface area contributed by atoms with Crippen molar-refractivity contribution < 1.29 is 0 Å². The highest BCUT2D eigenvalue weighted by molar-refractivity contribution is 9.10. The molecule has 1 atom stereocenters. The number of likely N-dealkylation sites (tertiary alicyclic amines) is 1. The summed E-state index contributed by atoms with van der Waals surface area (Å²) in [6.45, 7) is 3.44. The fourth-order valence-electron chi connectivity index (χ4n) is 2.35. The van der Waals surface area contributed by atoms with Crippen LogP contribution in [0.5, 0.6) is 0 Å². The summed E-state index contributed by atoms with van der Waals surface area (Å²) in [5, 5.41) is 3.68. The minimum absolute atomic E-state index is 0.680. The lowest BCUT2D eigenvalue weighted by Gasteiger charge is -2.16. The summed E-state index contributed by atoms with van der Waals surface area (Å²) in [4.78, 5) is 2.43. The molecule has 1 aliphatic heterocycles. The maximum Gasteiger partial charge on any atom is 0.0208 e. The van der Waals surface area contributed by atoms with Crippen LogP contribution in [0.1, 0.15) is 24.8 Å². The number of hydrogen-bond acceptors (Lipinski definition) is 2. The average Bonchev–Trinajstić information content (AvgIpc) is 2.52. The molecule has 1 heterocycles. The van der Waals surface area contributed by atoms with Crippen LogP contribution in [0.2, 0.25) is 0 Å². The van der Waals surface area contributed by atoms with E-state index in [-0.39, 0.29) is 0 Å². The zero-order chi connectivity index (χ0) is 12.1. The fraction of sp³-hybridized carbons (Fsp3) is 0.571. The molecule has 1 aromatic rings. The molecule has 0 bridgehead atoms. The summed E-state index contributed by atoms with van der Waals surface area (Å²) in [6, 6.07) is 9.22. The normalized spacial score (nSPS) is 22.4. The largest absolute Gasteiger partial charge is 0.310 e. The predicted octanol–water partition coefficient (Wildman–Crippen LogP) is 3.02. The van der Waals surface area contributed by atoms with Gasteiger partial charge in [0.2, 0.25) is 0 Å². The molecule has 2 rings (SSSR count). The van der Waals surface area contributed by atoms with Crippen LogP contribution in [0, 0.1) is 0 Å². The van der Waals surface area contributed by atoms with Crippen molar-refractivity contribution in [1.29, 1.82) is 0 Å². The van der Waals surface area contributed by atoms with E-state index in [4.69, 9.17) is 0 Å². The minimum atomic E-state index is 0.680. The number of benzene rings is 1. The van der Waals surface area contributed by atoms with Gasteiger partial charge in [0.05, 0.1) is 0 Å². The third kappa shape index (κ3) is 4.41. The smallest absolute Gasteiger partial charge is 0.0208 e. The van der Waals surface area contributed by atoms with Crippen LogP contribution in [0.15, 0.2) is 28.7 Å². The van der Waals surface area contributed by atoms with E-state index in [1.807, 2.05) is 0 Å². The van der Waals surface area contributed by atoms with Crippen molar-refractivity contribution in [3.63, 3.8) is 0 Å². The summed E-state index contributed by atoms with van der Waals surface area (Å²) in [6.07, 6.45) is 3.88. The second-order valence-corrected chi connectivity index (χ2v) is 5.86. The van der Waals surface area contributed by atoms with Gasteiger partial charge in [-0.25, -0.2) is 0 Å². The molecule has 1 saturated heterocycles. The lowest BCUT2D eigenvalue weighted by molar-refractivity contribution is 0.343. The maximum absolute atomic E-state index is 3.68. The molecule has 0 aliphatic carbocycles. The Labute approximate surface area is 113 Å². The minimum Gasteiger partial charge on any atom is -0.310 e. The van der Waals surface area contributed by atoms with E-state index in [2.05, 4.69) is 57.5 Å². The fourth-order valence-corrected chi connectivity index (χ4v) is 2.80. The molecule has 1 N–H and O–H groups in total. The predicted molar refractivity (Wildman–Crippen MR) is 76.1 cm³/mol. The highest BCUT2D eigenvalue weighted by Gasteiger charge is 2.13. The molecule has 0 radical (unpaired) electrons. The Hall–Kier alpha value is -0.380. The standard InChI is InChI=1S/C14H21BrN2/c1-17-8-3-6-14(7-9-17)16-11-12-4-2-5-13(15)10-12/h2,4-5,10,14,16H,3,6-9,11H2,1H3. The molecular weight excluding hydrogens is 276 g/mol. The first-order valence-electron chi connectivity index (χ1n) is 6.40. The molecule has 0 saturated carbocycles. The Morgan fingerprint density at radius 2 is 2.24 bits per heavy atom. The van der Waals surface area contributed by atoms with E-state index in [9.17, 15) is 0 Å². The Kier molecular flexibility index (Phi) is 5.01. The van der Waals surface area contributed by atoms with Crippen LogP contribution >= 0.6 is 15.9 Å². The maximum atomic E-state index is 3.68. The molecular formula is C14H21BrN2. The lowest BCUT2D eigenvalue weighted by Crippen LogP contribution is -2.29. The Balaban J connectivity index is 1.81. The molecule has 0 aromatic heterocycles. The molecule has 1 fully saturated rings. The van der Waals surface area contributed by atoms with E-state index < -0.39 is 0 Å². The molecule has 0 spiro atoms. The third-order valence-corrected chi connectivity index (χ3v) is 3.93. The second-order valence-electron chi connectivity index (χ2n) is 4.94. The van der Waals surface area contributed by atoms with Crippen LogP contribution < -0.4 is 5.32 Å². The first-order chi connectivity index (χ1) is 8.24. The summed E-state index contributed by atoms with van der Waals surface area (Å²) in [5.74, 6) is 0. The Morgan fingerprint density at radius 1 is 1.35 bits per heavy atom. The highest BCUT2D eigenvalue weighted by Crippen LogP contribution is 2.13. The molecule has 1 unspecified atom stereocenters. The summed E-state index contributed by atoms with van der Waals surface area (Å²) < 4.78 is 1.16. The van der Waals surface area contributed by atoms with Crippen LogP contribution in [-0.2, 0) is 6.54 Å². The summed E-state index contributed by atoms with van der Waals surface area (Å²) >= 11 is 3.51. The van der Waals surface area contributed by atoms with Crippen molar-refractivity contribution in [2.24, 2.45) is 0 Å². The van der Waals surface area contributed by atoms with Crippen LogP contribution in [0.3, 0.4) is 0 Å². The van der Waals surface area contributed by atoms with E-state index >= 15 is 0 Å². The number of hydrogen-bond donors (Lipinski definition) is 1. The molecule has 94 valence electrons. The van der Waals surface area contributed by atoms with Crippen molar-refractivity contribution >= 4 is 15.9 Å². The van der Waals surface area contributed by atoms with Crippen molar-refractivity contribution in [3.8, 4) is 0 Å². The zero-order valence-corrected chi connectivity index (χ0v) is 12.0. The number of nitrogens with one attached hydrogen (secondary N) is 1. The quantitative estimate of drug-likeness (QED) is 0.922. The summed E-state index contributed by atoms with van der Waals surface area (Å²) in [5.41, 5.74) is 1.36. The van der Waals surface area contributed by atoms with E-state index in [1.165, 1.54) is 37.9 Å². The van der Waals surface area contributed by atoms with E-state index in [0.29, 0.717) is 6.04 Å². The topological polar surface area (TPSA) is 15.3 Å². The van der Waals surface area contributed by atoms with Gasteiger partial charge in [0.1, 0.15) is 0 Å². The molecule has 0 amide bonds. The Bertz CT molecular complexity index is 354. The third-order valence-electron chi connectivity index (χ3n) is 3.44. The van der Waals surface area contributed by atoms with Crippen molar-refractivity contribution in [1.82, 2.24) is 10.2 Å². The second kappa shape index (κ2) is 6.53. The van der Waals surface area contributed by atoms with Crippen LogP contribution in [0.25, 0.3) is 0 Å². The van der Waals surface area contributed by atoms with Crippen molar-refractivity contribution in [2.45, 2.75) is 31.8 Å². The highest BCUT2D eigenvalue weighted by atomic mass is 79.9. The zero-order valence-electron chi connectivity index (χ0n) is 10.5. The van der Waals surface area contributed by atoms with Gasteiger partial charge in [-0.3, -0.25) is 0 Å². The van der Waals surface area contributed by atoms with Gasteiger partial charge in [-0.2, -0.15) is 0 Å². The van der Waals surface area contributed by atoms with Gasteiger partial charge < -0.3 is 10.2 Å². The molecule has 17 heavy (non-hydrogen) atoms. The molecule has 3 heteroatoms. The van der Waals surface area contributed by atoms with Gasteiger partial charge in [-0.15, -0.1) is 0 Å². The average molecular weight is 297 g/mol.